The third-order valence-corrected chi connectivity index (χ3v) is 7.02. The minimum Gasteiger partial charge on any atom is -0.480 e. The molecule has 7 heteroatoms. The molecule has 3 rings (SSSR count). The lowest BCUT2D eigenvalue weighted by atomic mass is 9.92. The van der Waals surface area contributed by atoms with E-state index >= 15 is 0 Å². The molecule has 3 N–H and O–H groups in total. The lowest BCUT2D eigenvalue weighted by Gasteiger charge is -2.26. The number of piperidine rings is 1. The fraction of sp³-hybridized carbons (Fsp3) is 0.636. The number of carbonyl (C=O) groups excluding carboxylic acids is 1. The average Bonchev–Trinajstić information content (AvgIpc) is 2.84. The molecule has 0 spiro atoms. The molecular formula is C22H33N3O3S. The van der Waals surface area contributed by atoms with Crippen molar-refractivity contribution >= 4 is 29.3 Å². The third kappa shape index (κ3) is 6.46. The van der Waals surface area contributed by atoms with E-state index in [0.717, 1.165) is 36.7 Å². The molecule has 1 aromatic rings. The fourth-order valence-corrected chi connectivity index (χ4v) is 5.34. The predicted molar refractivity (Wildman–Crippen MR) is 118 cm³/mol. The Balaban J connectivity index is 1.51. The van der Waals surface area contributed by atoms with Gasteiger partial charge in [0.25, 0.3) is 0 Å². The third-order valence-electron chi connectivity index (χ3n) is 5.86. The van der Waals surface area contributed by atoms with Crippen LogP contribution in [0.1, 0.15) is 45.4 Å². The molecule has 1 aromatic carbocycles. The zero-order valence-electron chi connectivity index (χ0n) is 17.2. The molecule has 0 bridgehead atoms. The number of benzene rings is 1. The summed E-state index contributed by atoms with van der Waals surface area (Å²) in [7, 11) is 0. The molecule has 2 heterocycles. The first kappa shape index (κ1) is 22.1. The smallest absolute Gasteiger partial charge is 0.323 e. The van der Waals surface area contributed by atoms with E-state index in [1.807, 2.05) is 24.3 Å². The predicted octanol–water partition coefficient (Wildman–Crippen LogP) is 3.12. The number of amides is 1. The number of thioether (sulfide) groups is 1. The molecule has 1 fully saturated rings. The highest BCUT2D eigenvalue weighted by Crippen LogP contribution is 2.34. The number of aliphatic carboxylic acids is 1. The summed E-state index contributed by atoms with van der Waals surface area (Å²) < 4.78 is 0. The van der Waals surface area contributed by atoms with E-state index in [9.17, 15) is 14.7 Å². The van der Waals surface area contributed by atoms with Crippen LogP contribution in [0.15, 0.2) is 29.2 Å². The van der Waals surface area contributed by atoms with Gasteiger partial charge in [-0.25, -0.2) is 0 Å². The number of hydrogen-bond donors (Lipinski definition) is 3. The normalized spacial score (nSPS) is 21.5. The van der Waals surface area contributed by atoms with Crippen LogP contribution in [0.4, 0.5) is 5.69 Å². The Bertz CT molecular complexity index is 694. The van der Waals surface area contributed by atoms with Gasteiger partial charge in [-0.1, -0.05) is 31.4 Å². The second-order valence-corrected chi connectivity index (χ2v) is 9.26. The number of fused-ring (bicyclic) bond motifs is 1. The Kier molecular flexibility index (Phi) is 8.39. The maximum atomic E-state index is 13.1. The van der Waals surface area contributed by atoms with E-state index in [1.165, 1.54) is 30.6 Å². The van der Waals surface area contributed by atoms with Gasteiger partial charge in [0.15, 0.2) is 0 Å². The SMILES string of the molecule is C[C@H](CCCCC1CCNCC1)NC1CSc2ccccc2N(CC(=O)O)C1=O. The summed E-state index contributed by atoms with van der Waals surface area (Å²) in [5.41, 5.74) is 0.698. The van der Waals surface area contributed by atoms with Gasteiger partial charge in [-0.3, -0.25) is 14.5 Å². The zero-order valence-corrected chi connectivity index (χ0v) is 18.0. The van der Waals surface area contributed by atoms with Crippen LogP contribution in [-0.2, 0) is 9.59 Å². The van der Waals surface area contributed by atoms with E-state index in [0.29, 0.717) is 11.4 Å². The second-order valence-electron chi connectivity index (χ2n) is 8.19. The van der Waals surface area contributed by atoms with Crippen LogP contribution >= 0.6 is 11.8 Å². The van der Waals surface area contributed by atoms with E-state index in [-0.39, 0.29) is 24.5 Å². The summed E-state index contributed by atoms with van der Waals surface area (Å²) in [6.07, 6.45) is 7.31. The molecule has 2 aliphatic rings. The molecule has 0 aliphatic carbocycles. The van der Waals surface area contributed by atoms with Gasteiger partial charge in [0, 0.05) is 16.7 Å². The molecule has 2 aliphatic heterocycles. The number of para-hydroxylation sites is 1. The minimum atomic E-state index is -0.996. The number of nitrogens with zero attached hydrogens (tertiary/aromatic N) is 1. The summed E-state index contributed by atoms with van der Waals surface area (Å²) in [5, 5.41) is 16.2. The van der Waals surface area contributed by atoms with Gasteiger partial charge in [-0.15, -0.1) is 11.8 Å². The van der Waals surface area contributed by atoms with Crippen molar-refractivity contribution in [2.24, 2.45) is 5.92 Å². The highest BCUT2D eigenvalue weighted by molar-refractivity contribution is 7.99. The highest BCUT2D eigenvalue weighted by atomic mass is 32.2. The first-order valence-corrected chi connectivity index (χ1v) is 11.7. The van der Waals surface area contributed by atoms with E-state index in [1.54, 1.807) is 11.8 Å². The summed E-state index contributed by atoms with van der Waals surface area (Å²) in [6, 6.07) is 7.41. The first-order chi connectivity index (χ1) is 14.0. The molecule has 1 saturated heterocycles. The molecule has 1 amide bonds. The van der Waals surface area contributed by atoms with E-state index in [2.05, 4.69) is 17.6 Å². The number of nitrogens with one attached hydrogen (secondary N) is 2. The standard InChI is InChI=1S/C22H33N3O3S/c1-16(6-2-3-7-17-10-12-23-13-11-17)24-18-15-29-20-9-5-4-8-19(20)25(22(18)28)14-21(26)27/h4-5,8-9,16-18,23-24H,2-3,6-7,10-15H2,1H3,(H,26,27)/t16-,18?/m1/s1. The Morgan fingerprint density at radius 3 is 2.83 bits per heavy atom. The monoisotopic (exact) mass is 419 g/mol. The van der Waals surface area contributed by atoms with Gasteiger partial charge in [-0.05, 0) is 57.3 Å². The topological polar surface area (TPSA) is 81.7 Å². The Labute approximate surface area is 177 Å². The van der Waals surface area contributed by atoms with Crippen molar-refractivity contribution in [2.75, 3.05) is 30.3 Å². The number of hydrogen-bond acceptors (Lipinski definition) is 5. The van der Waals surface area contributed by atoms with Crippen LogP contribution in [0.2, 0.25) is 0 Å². The van der Waals surface area contributed by atoms with Crippen LogP contribution in [-0.4, -0.2) is 54.5 Å². The van der Waals surface area contributed by atoms with Crippen molar-refractivity contribution in [2.45, 2.75) is 62.4 Å². The van der Waals surface area contributed by atoms with Gasteiger partial charge >= 0.3 is 5.97 Å². The molecule has 2 atom stereocenters. The van der Waals surface area contributed by atoms with Gasteiger partial charge in [0.1, 0.15) is 6.54 Å². The first-order valence-electron chi connectivity index (χ1n) is 10.8. The molecule has 160 valence electrons. The molecule has 0 saturated carbocycles. The fourth-order valence-electron chi connectivity index (χ4n) is 4.25. The molecule has 0 radical (unpaired) electrons. The number of anilines is 1. The van der Waals surface area contributed by atoms with Crippen molar-refractivity contribution in [1.29, 1.82) is 0 Å². The largest absolute Gasteiger partial charge is 0.480 e. The number of carbonyl (C=O) groups is 2. The summed E-state index contributed by atoms with van der Waals surface area (Å²) in [4.78, 5) is 26.8. The minimum absolute atomic E-state index is 0.147. The van der Waals surface area contributed by atoms with Gasteiger partial charge < -0.3 is 15.7 Å². The summed E-state index contributed by atoms with van der Waals surface area (Å²) >= 11 is 1.62. The lowest BCUT2D eigenvalue weighted by Crippen LogP contribution is -2.51. The van der Waals surface area contributed by atoms with Gasteiger partial charge in [0.2, 0.25) is 5.91 Å². The molecule has 29 heavy (non-hydrogen) atoms. The number of rotatable bonds is 9. The van der Waals surface area contributed by atoms with Crippen LogP contribution < -0.4 is 15.5 Å². The van der Waals surface area contributed by atoms with E-state index < -0.39 is 5.97 Å². The van der Waals surface area contributed by atoms with Crippen LogP contribution in [0.5, 0.6) is 0 Å². The van der Waals surface area contributed by atoms with Gasteiger partial charge in [-0.2, -0.15) is 0 Å². The Morgan fingerprint density at radius 2 is 2.07 bits per heavy atom. The average molecular weight is 420 g/mol. The maximum absolute atomic E-state index is 13.1. The Hall–Kier alpha value is -1.57. The molecule has 1 unspecified atom stereocenters. The van der Waals surface area contributed by atoms with Crippen LogP contribution in [0.25, 0.3) is 0 Å². The number of unbranched alkanes of at least 4 members (excludes halogenated alkanes) is 1. The van der Waals surface area contributed by atoms with Crippen molar-refractivity contribution in [1.82, 2.24) is 10.6 Å². The zero-order chi connectivity index (χ0) is 20.6. The summed E-state index contributed by atoms with van der Waals surface area (Å²) in [5.74, 6) is 0.337. The van der Waals surface area contributed by atoms with Crippen LogP contribution in [0, 0.1) is 5.92 Å². The molecular weight excluding hydrogens is 386 g/mol. The number of carboxylic acid groups (broad SMARTS) is 1. The quantitative estimate of drug-likeness (QED) is 0.534. The van der Waals surface area contributed by atoms with Crippen molar-refractivity contribution in [3.8, 4) is 0 Å². The molecule has 0 aromatic heterocycles. The number of carboxylic acids is 1. The van der Waals surface area contributed by atoms with Crippen molar-refractivity contribution in [3.63, 3.8) is 0 Å². The van der Waals surface area contributed by atoms with Crippen molar-refractivity contribution < 1.29 is 14.7 Å². The second kappa shape index (κ2) is 11.0. The maximum Gasteiger partial charge on any atom is 0.323 e. The Morgan fingerprint density at radius 1 is 1.31 bits per heavy atom. The van der Waals surface area contributed by atoms with Gasteiger partial charge in [0.05, 0.1) is 11.7 Å². The summed E-state index contributed by atoms with van der Waals surface area (Å²) in [6.45, 7) is 4.12. The van der Waals surface area contributed by atoms with Crippen LogP contribution in [0.3, 0.4) is 0 Å². The lowest BCUT2D eigenvalue weighted by molar-refractivity contribution is -0.136. The van der Waals surface area contributed by atoms with Crippen molar-refractivity contribution in [3.05, 3.63) is 24.3 Å². The van der Waals surface area contributed by atoms with E-state index in [4.69, 9.17) is 0 Å². The molecule has 6 nitrogen and oxygen atoms in total. The highest BCUT2D eigenvalue weighted by Gasteiger charge is 2.32.